The van der Waals surface area contributed by atoms with Crippen LogP contribution in [-0.4, -0.2) is 23.1 Å². The number of methoxy groups -OCH3 is 1. The Morgan fingerprint density at radius 1 is 1.19 bits per heavy atom. The van der Waals surface area contributed by atoms with Crippen molar-refractivity contribution in [3.63, 3.8) is 0 Å². The summed E-state index contributed by atoms with van der Waals surface area (Å²) < 4.78 is 5.22. The van der Waals surface area contributed by atoms with Gasteiger partial charge in [0.25, 0.3) is 0 Å². The van der Waals surface area contributed by atoms with Crippen LogP contribution in [0.3, 0.4) is 0 Å². The Kier molecular flexibility index (Phi) is 4.98. The first-order valence-electron chi connectivity index (χ1n) is 7.14. The van der Waals surface area contributed by atoms with Crippen molar-refractivity contribution in [1.82, 2.24) is 9.97 Å². The number of benzene rings is 1. The van der Waals surface area contributed by atoms with E-state index in [1.165, 1.54) is 0 Å². The van der Waals surface area contributed by atoms with E-state index < -0.39 is 0 Å². The molecule has 0 radical (unpaired) electrons. The molecule has 0 bridgehead atoms. The number of aryl methyl sites for hydroxylation is 1. The fourth-order valence-corrected chi connectivity index (χ4v) is 1.91. The fraction of sp³-hybridized carbons (Fsp3) is 0.375. The molecule has 0 saturated carbocycles. The van der Waals surface area contributed by atoms with Crippen molar-refractivity contribution in [2.45, 2.75) is 33.2 Å². The van der Waals surface area contributed by atoms with Crippen LogP contribution in [0.1, 0.15) is 26.1 Å². The number of ether oxygens (including phenoxy) is 1. The largest absolute Gasteiger partial charge is 0.497 e. The first kappa shape index (κ1) is 15.1. The van der Waals surface area contributed by atoms with Gasteiger partial charge in [0, 0.05) is 23.9 Å². The standard InChI is InChI=1S/C16H22N4O/c1-5-11(2)17-15-10-16(19-12(3)18-15)20-13-7-6-8-14(9-13)21-4/h6-11H,5H2,1-4H3,(H2,17,18,19,20). The van der Waals surface area contributed by atoms with Gasteiger partial charge in [-0.3, -0.25) is 0 Å². The molecule has 1 atom stereocenters. The second-order valence-corrected chi connectivity index (χ2v) is 5.00. The Labute approximate surface area is 125 Å². The van der Waals surface area contributed by atoms with E-state index in [1.54, 1.807) is 7.11 Å². The quantitative estimate of drug-likeness (QED) is 0.847. The van der Waals surface area contributed by atoms with Crippen molar-refractivity contribution in [3.05, 3.63) is 36.2 Å². The van der Waals surface area contributed by atoms with Gasteiger partial charge in [-0.05, 0) is 32.4 Å². The molecule has 0 aliphatic rings. The molecule has 21 heavy (non-hydrogen) atoms. The lowest BCUT2D eigenvalue weighted by Crippen LogP contribution is -2.15. The van der Waals surface area contributed by atoms with E-state index in [1.807, 2.05) is 37.3 Å². The van der Waals surface area contributed by atoms with Gasteiger partial charge < -0.3 is 15.4 Å². The van der Waals surface area contributed by atoms with Crippen LogP contribution < -0.4 is 15.4 Å². The fourth-order valence-electron chi connectivity index (χ4n) is 1.91. The molecular formula is C16H22N4O. The minimum absolute atomic E-state index is 0.379. The maximum atomic E-state index is 5.22. The molecule has 2 aromatic rings. The summed E-state index contributed by atoms with van der Waals surface area (Å²) in [7, 11) is 1.65. The summed E-state index contributed by atoms with van der Waals surface area (Å²) in [6.07, 6.45) is 1.04. The smallest absolute Gasteiger partial charge is 0.136 e. The molecule has 0 aliphatic heterocycles. The molecule has 1 unspecified atom stereocenters. The van der Waals surface area contributed by atoms with Crippen molar-refractivity contribution >= 4 is 17.3 Å². The summed E-state index contributed by atoms with van der Waals surface area (Å²) in [5.74, 6) is 3.14. The van der Waals surface area contributed by atoms with Crippen LogP contribution in [0.25, 0.3) is 0 Å². The van der Waals surface area contributed by atoms with Gasteiger partial charge in [-0.25, -0.2) is 9.97 Å². The van der Waals surface area contributed by atoms with Gasteiger partial charge in [0.15, 0.2) is 0 Å². The molecule has 0 amide bonds. The van der Waals surface area contributed by atoms with E-state index in [2.05, 4.69) is 34.4 Å². The lowest BCUT2D eigenvalue weighted by molar-refractivity contribution is 0.415. The van der Waals surface area contributed by atoms with Crippen molar-refractivity contribution < 1.29 is 4.74 Å². The average Bonchev–Trinajstić information content (AvgIpc) is 2.46. The second kappa shape index (κ2) is 6.92. The number of nitrogens with zero attached hydrogens (tertiary/aromatic N) is 2. The molecular weight excluding hydrogens is 264 g/mol. The first-order chi connectivity index (χ1) is 10.1. The highest BCUT2D eigenvalue weighted by molar-refractivity contribution is 5.60. The average molecular weight is 286 g/mol. The van der Waals surface area contributed by atoms with E-state index in [0.29, 0.717) is 6.04 Å². The molecule has 0 aliphatic carbocycles. The van der Waals surface area contributed by atoms with Crippen molar-refractivity contribution in [3.8, 4) is 5.75 Å². The zero-order valence-electron chi connectivity index (χ0n) is 13.0. The Balaban J connectivity index is 2.19. The predicted molar refractivity (Wildman–Crippen MR) is 86.4 cm³/mol. The Bertz CT molecular complexity index is 601. The van der Waals surface area contributed by atoms with Gasteiger partial charge in [0.05, 0.1) is 7.11 Å². The molecule has 1 heterocycles. The Morgan fingerprint density at radius 2 is 1.95 bits per heavy atom. The van der Waals surface area contributed by atoms with Crippen LogP contribution in [0.5, 0.6) is 5.75 Å². The van der Waals surface area contributed by atoms with Gasteiger partial charge in [-0.2, -0.15) is 0 Å². The molecule has 0 fully saturated rings. The minimum Gasteiger partial charge on any atom is -0.497 e. The molecule has 5 nitrogen and oxygen atoms in total. The van der Waals surface area contributed by atoms with E-state index in [0.717, 1.165) is 35.3 Å². The lowest BCUT2D eigenvalue weighted by atomic mass is 10.2. The molecule has 0 saturated heterocycles. The number of hydrogen-bond acceptors (Lipinski definition) is 5. The highest BCUT2D eigenvalue weighted by Crippen LogP contribution is 2.21. The summed E-state index contributed by atoms with van der Waals surface area (Å²) in [6.45, 7) is 6.16. The van der Waals surface area contributed by atoms with Crippen molar-refractivity contribution in [1.29, 1.82) is 0 Å². The monoisotopic (exact) mass is 286 g/mol. The third kappa shape index (κ3) is 4.34. The van der Waals surface area contributed by atoms with Crippen LogP contribution in [0.4, 0.5) is 17.3 Å². The second-order valence-electron chi connectivity index (χ2n) is 5.00. The normalized spacial score (nSPS) is 11.8. The van der Waals surface area contributed by atoms with Crippen LogP contribution in [0, 0.1) is 6.92 Å². The van der Waals surface area contributed by atoms with E-state index in [9.17, 15) is 0 Å². The van der Waals surface area contributed by atoms with Crippen LogP contribution in [0.2, 0.25) is 0 Å². The molecule has 1 aromatic carbocycles. The number of nitrogens with one attached hydrogen (secondary N) is 2. The topological polar surface area (TPSA) is 59.1 Å². The maximum absolute atomic E-state index is 5.22. The molecule has 2 N–H and O–H groups in total. The lowest BCUT2D eigenvalue weighted by Gasteiger charge is -2.14. The van der Waals surface area contributed by atoms with Crippen LogP contribution in [-0.2, 0) is 0 Å². The zero-order valence-corrected chi connectivity index (χ0v) is 13.0. The van der Waals surface area contributed by atoms with Gasteiger partial charge in [0.1, 0.15) is 23.2 Å². The number of aromatic nitrogens is 2. The van der Waals surface area contributed by atoms with E-state index in [-0.39, 0.29) is 0 Å². The molecule has 1 aromatic heterocycles. The molecule has 5 heteroatoms. The number of hydrogen-bond donors (Lipinski definition) is 2. The highest BCUT2D eigenvalue weighted by Gasteiger charge is 2.05. The summed E-state index contributed by atoms with van der Waals surface area (Å²) in [4.78, 5) is 8.82. The molecule has 2 rings (SSSR count). The SMILES string of the molecule is CCC(C)Nc1cc(Nc2cccc(OC)c2)nc(C)n1. The predicted octanol–water partition coefficient (Wildman–Crippen LogP) is 3.75. The van der Waals surface area contributed by atoms with E-state index in [4.69, 9.17) is 4.74 Å². The molecule has 112 valence electrons. The van der Waals surface area contributed by atoms with E-state index >= 15 is 0 Å². The summed E-state index contributed by atoms with van der Waals surface area (Å²) >= 11 is 0. The van der Waals surface area contributed by atoms with Gasteiger partial charge in [0.2, 0.25) is 0 Å². The minimum atomic E-state index is 0.379. The summed E-state index contributed by atoms with van der Waals surface area (Å²) in [5.41, 5.74) is 0.932. The summed E-state index contributed by atoms with van der Waals surface area (Å²) in [5, 5.41) is 6.65. The highest BCUT2D eigenvalue weighted by atomic mass is 16.5. The van der Waals surface area contributed by atoms with Crippen LogP contribution in [0.15, 0.2) is 30.3 Å². The van der Waals surface area contributed by atoms with Gasteiger partial charge >= 0.3 is 0 Å². The van der Waals surface area contributed by atoms with Crippen molar-refractivity contribution in [2.24, 2.45) is 0 Å². The van der Waals surface area contributed by atoms with Gasteiger partial charge in [-0.1, -0.05) is 13.0 Å². The van der Waals surface area contributed by atoms with Crippen molar-refractivity contribution in [2.75, 3.05) is 17.7 Å². The number of anilines is 3. The van der Waals surface area contributed by atoms with Crippen LogP contribution >= 0.6 is 0 Å². The third-order valence-corrected chi connectivity index (χ3v) is 3.19. The molecule has 0 spiro atoms. The first-order valence-corrected chi connectivity index (χ1v) is 7.14. The third-order valence-electron chi connectivity index (χ3n) is 3.19. The maximum Gasteiger partial charge on any atom is 0.136 e. The summed E-state index contributed by atoms with van der Waals surface area (Å²) in [6, 6.07) is 10.0. The Morgan fingerprint density at radius 3 is 2.67 bits per heavy atom. The number of rotatable bonds is 6. The zero-order chi connectivity index (χ0) is 15.2. The Hall–Kier alpha value is -2.30. The van der Waals surface area contributed by atoms with Gasteiger partial charge in [-0.15, -0.1) is 0 Å².